The number of hydrogen-bond acceptors (Lipinski definition) is 5. The molecule has 0 aliphatic carbocycles. The van der Waals surface area contributed by atoms with Crippen LogP contribution in [0.25, 0.3) is 0 Å². The summed E-state index contributed by atoms with van der Waals surface area (Å²) in [5, 5.41) is 2.88. The summed E-state index contributed by atoms with van der Waals surface area (Å²) >= 11 is 0. The lowest BCUT2D eigenvalue weighted by Gasteiger charge is -2.35. The first kappa shape index (κ1) is 17.8. The quantitative estimate of drug-likeness (QED) is 0.867. The lowest BCUT2D eigenvalue weighted by atomic mass is 10.0. The fraction of sp³-hybridized carbons (Fsp3) is 0.611. The normalized spacial score (nSPS) is 25.6. The van der Waals surface area contributed by atoms with Crippen LogP contribution in [0.3, 0.4) is 0 Å². The number of nitrogens with zero attached hydrogens (tertiary/aromatic N) is 3. The van der Waals surface area contributed by atoms with E-state index in [0.29, 0.717) is 12.6 Å². The Kier molecular flexibility index (Phi) is 5.65. The monoisotopic (exact) mass is 346 g/mol. The Morgan fingerprint density at radius 3 is 2.88 bits per heavy atom. The first-order valence-electron chi connectivity index (χ1n) is 8.90. The van der Waals surface area contributed by atoms with Gasteiger partial charge in [-0.25, -0.2) is 0 Å². The van der Waals surface area contributed by atoms with Gasteiger partial charge in [-0.05, 0) is 31.9 Å². The Hall–Kier alpha value is -1.99. The van der Waals surface area contributed by atoms with Crippen molar-refractivity contribution in [3.63, 3.8) is 0 Å². The number of aromatic nitrogens is 1. The van der Waals surface area contributed by atoms with Crippen molar-refractivity contribution in [1.82, 2.24) is 20.1 Å². The number of amides is 2. The molecule has 1 aromatic rings. The van der Waals surface area contributed by atoms with Crippen LogP contribution in [0, 0.1) is 0 Å². The van der Waals surface area contributed by atoms with Crippen LogP contribution in [0.2, 0.25) is 0 Å². The van der Waals surface area contributed by atoms with E-state index in [1.54, 1.807) is 18.5 Å². The third-order valence-corrected chi connectivity index (χ3v) is 4.87. The Morgan fingerprint density at radius 1 is 1.32 bits per heavy atom. The van der Waals surface area contributed by atoms with Crippen LogP contribution in [-0.4, -0.2) is 71.5 Å². The minimum atomic E-state index is -0.701. The van der Waals surface area contributed by atoms with E-state index in [-0.39, 0.29) is 18.4 Å². The summed E-state index contributed by atoms with van der Waals surface area (Å²) in [6.45, 7) is 7.53. The van der Waals surface area contributed by atoms with E-state index in [1.165, 1.54) is 0 Å². The van der Waals surface area contributed by atoms with Crippen LogP contribution in [-0.2, 0) is 14.3 Å². The maximum absolute atomic E-state index is 13.1. The number of rotatable bonds is 3. The average Bonchev–Trinajstić information content (AvgIpc) is 2.88. The number of ether oxygens (including phenoxy) is 1. The van der Waals surface area contributed by atoms with Crippen molar-refractivity contribution in [2.75, 3.05) is 32.8 Å². The van der Waals surface area contributed by atoms with Crippen molar-refractivity contribution < 1.29 is 14.3 Å². The molecule has 3 heterocycles. The molecule has 2 fully saturated rings. The molecule has 0 saturated carbocycles. The SMILES string of the molecule is CC(C)N1CCCN(C(=O)[C@H]2OCC(=O)N[C@@H]2c2cccnc2)CC1. The second-order valence-corrected chi connectivity index (χ2v) is 6.87. The van der Waals surface area contributed by atoms with Gasteiger partial charge in [0.05, 0.1) is 6.04 Å². The number of morpholine rings is 1. The summed E-state index contributed by atoms with van der Waals surface area (Å²) in [6, 6.07) is 3.63. The van der Waals surface area contributed by atoms with Crippen molar-refractivity contribution in [3.05, 3.63) is 30.1 Å². The molecule has 136 valence electrons. The van der Waals surface area contributed by atoms with Crippen LogP contribution in [0.5, 0.6) is 0 Å². The molecule has 2 aliphatic rings. The van der Waals surface area contributed by atoms with Gasteiger partial charge in [0, 0.05) is 44.6 Å². The minimum Gasteiger partial charge on any atom is -0.356 e. The number of carbonyl (C=O) groups excluding carboxylic acids is 2. The Morgan fingerprint density at radius 2 is 2.16 bits per heavy atom. The molecule has 1 N–H and O–H groups in total. The molecule has 0 radical (unpaired) electrons. The van der Waals surface area contributed by atoms with Crippen LogP contribution in [0.4, 0.5) is 0 Å². The van der Waals surface area contributed by atoms with Crippen molar-refractivity contribution >= 4 is 11.8 Å². The topological polar surface area (TPSA) is 74.8 Å². The molecule has 0 bridgehead atoms. The van der Waals surface area contributed by atoms with Gasteiger partial charge in [-0.2, -0.15) is 0 Å². The molecule has 0 spiro atoms. The van der Waals surface area contributed by atoms with E-state index < -0.39 is 12.1 Å². The van der Waals surface area contributed by atoms with Gasteiger partial charge in [-0.15, -0.1) is 0 Å². The number of carbonyl (C=O) groups is 2. The van der Waals surface area contributed by atoms with Crippen LogP contribution >= 0.6 is 0 Å². The molecule has 2 atom stereocenters. The fourth-order valence-electron chi connectivity index (χ4n) is 3.44. The van der Waals surface area contributed by atoms with Gasteiger partial charge in [0.25, 0.3) is 5.91 Å². The lowest BCUT2D eigenvalue weighted by Crippen LogP contribution is -2.54. The molecule has 1 aromatic heterocycles. The molecular weight excluding hydrogens is 320 g/mol. The Bertz CT molecular complexity index is 608. The Labute approximate surface area is 148 Å². The van der Waals surface area contributed by atoms with Crippen molar-refractivity contribution in [2.24, 2.45) is 0 Å². The van der Waals surface area contributed by atoms with Crippen molar-refractivity contribution in [3.8, 4) is 0 Å². The van der Waals surface area contributed by atoms with Crippen LogP contribution in [0.15, 0.2) is 24.5 Å². The molecular formula is C18H26N4O3. The summed E-state index contributed by atoms with van der Waals surface area (Å²) in [4.78, 5) is 33.2. The van der Waals surface area contributed by atoms with E-state index >= 15 is 0 Å². The molecule has 7 heteroatoms. The first-order chi connectivity index (χ1) is 12.1. The zero-order valence-corrected chi connectivity index (χ0v) is 14.9. The smallest absolute Gasteiger partial charge is 0.254 e. The minimum absolute atomic E-state index is 0.0561. The second-order valence-electron chi connectivity index (χ2n) is 6.87. The predicted molar refractivity (Wildman–Crippen MR) is 92.8 cm³/mol. The standard InChI is InChI=1S/C18H26N4O3/c1-13(2)21-7-4-8-22(10-9-21)18(24)17-16(20-15(23)12-25-17)14-5-3-6-19-11-14/h3,5-6,11,13,16-17H,4,7-10,12H2,1-2H3,(H,20,23)/t16-,17+/m1/s1. The summed E-state index contributed by atoms with van der Waals surface area (Å²) < 4.78 is 5.64. The highest BCUT2D eigenvalue weighted by Gasteiger charge is 2.38. The van der Waals surface area contributed by atoms with Crippen molar-refractivity contribution in [1.29, 1.82) is 0 Å². The molecule has 2 saturated heterocycles. The van der Waals surface area contributed by atoms with Crippen molar-refractivity contribution in [2.45, 2.75) is 38.5 Å². The van der Waals surface area contributed by atoms with Crippen LogP contribution < -0.4 is 5.32 Å². The van der Waals surface area contributed by atoms with Gasteiger partial charge < -0.3 is 15.0 Å². The lowest BCUT2D eigenvalue weighted by molar-refractivity contribution is -0.155. The zero-order chi connectivity index (χ0) is 17.8. The number of pyridine rings is 1. The van der Waals surface area contributed by atoms with E-state index in [9.17, 15) is 9.59 Å². The van der Waals surface area contributed by atoms with Gasteiger partial charge in [0.15, 0.2) is 6.10 Å². The molecule has 7 nitrogen and oxygen atoms in total. The third kappa shape index (κ3) is 4.16. The van der Waals surface area contributed by atoms with E-state index in [4.69, 9.17) is 4.74 Å². The molecule has 2 amide bonds. The highest BCUT2D eigenvalue weighted by molar-refractivity contribution is 5.86. The summed E-state index contributed by atoms with van der Waals surface area (Å²) in [7, 11) is 0. The van der Waals surface area contributed by atoms with Crippen LogP contribution in [0.1, 0.15) is 31.9 Å². The summed E-state index contributed by atoms with van der Waals surface area (Å²) in [5.74, 6) is -0.265. The summed E-state index contributed by atoms with van der Waals surface area (Å²) in [5.41, 5.74) is 0.785. The van der Waals surface area contributed by atoms with E-state index in [0.717, 1.165) is 31.6 Å². The van der Waals surface area contributed by atoms with E-state index in [1.807, 2.05) is 11.0 Å². The third-order valence-electron chi connectivity index (χ3n) is 4.87. The Balaban J connectivity index is 1.74. The molecule has 0 unspecified atom stereocenters. The maximum Gasteiger partial charge on any atom is 0.254 e. The highest BCUT2D eigenvalue weighted by atomic mass is 16.5. The first-order valence-corrected chi connectivity index (χ1v) is 8.90. The van der Waals surface area contributed by atoms with Gasteiger partial charge in [-0.1, -0.05) is 6.07 Å². The van der Waals surface area contributed by atoms with Gasteiger partial charge >= 0.3 is 0 Å². The molecule has 3 rings (SSSR count). The second kappa shape index (κ2) is 7.93. The molecule has 2 aliphatic heterocycles. The largest absolute Gasteiger partial charge is 0.356 e. The van der Waals surface area contributed by atoms with E-state index in [2.05, 4.69) is 29.0 Å². The number of nitrogens with one attached hydrogen (secondary N) is 1. The number of hydrogen-bond donors (Lipinski definition) is 1. The predicted octanol–water partition coefficient (Wildman–Crippen LogP) is 0.580. The fourth-order valence-corrected chi connectivity index (χ4v) is 3.44. The summed E-state index contributed by atoms with van der Waals surface area (Å²) in [6.07, 6.45) is 3.58. The van der Waals surface area contributed by atoms with Gasteiger partial charge in [-0.3, -0.25) is 19.5 Å². The zero-order valence-electron chi connectivity index (χ0n) is 14.9. The molecule has 25 heavy (non-hydrogen) atoms. The average molecular weight is 346 g/mol. The van der Waals surface area contributed by atoms with Gasteiger partial charge in [0.1, 0.15) is 6.61 Å². The molecule has 0 aromatic carbocycles. The highest BCUT2D eigenvalue weighted by Crippen LogP contribution is 2.24. The van der Waals surface area contributed by atoms with Gasteiger partial charge in [0.2, 0.25) is 5.91 Å². The maximum atomic E-state index is 13.1.